The van der Waals surface area contributed by atoms with Gasteiger partial charge in [-0.25, -0.2) is 0 Å². The van der Waals surface area contributed by atoms with Gasteiger partial charge in [0, 0.05) is 4.92 Å². The molecule has 0 N–H and O–H groups in total. The molecule has 40 valence electrons. The third-order valence-corrected chi connectivity index (χ3v) is 0.861. The summed E-state index contributed by atoms with van der Waals surface area (Å²) >= 11 is 0. The molecule has 1 unspecified atom stereocenters. The van der Waals surface area contributed by atoms with Crippen LogP contribution in [0.3, 0.4) is 0 Å². The second-order valence-corrected chi connectivity index (χ2v) is 1.47. The van der Waals surface area contributed by atoms with E-state index in [0.29, 0.717) is 0 Å². The molecule has 0 bridgehead atoms. The first-order valence-corrected chi connectivity index (χ1v) is 1.88. The maximum atomic E-state index is 9.89. The summed E-state index contributed by atoms with van der Waals surface area (Å²) in [6.45, 7) is 0. The van der Waals surface area contributed by atoms with Crippen LogP contribution >= 0.6 is 0 Å². The van der Waals surface area contributed by atoms with Gasteiger partial charge < -0.3 is 1.43 Å². The zero-order valence-electron chi connectivity index (χ0n) is 5.46. The van der Waals surface area contributed by atoms with Crippen LogP contribution in [-0.4, -0.2) is 16.7 Å². The molecule has 1 fully saturated rings. The first-order chi connectivity index (χ1) is 3.22. The maximum Gasteiger partial charge on any atom is 1.00 e. The zero-order chi connectivity index (χ0) is 5.44. The van der Waals surface area contributed by atoms with Gasteiger partial charge in [0.1, 0.15) is 0 Å². The molecule has 4 nitrogen and oxygen atoms in total. The zero-order valence-corrected chi connectivity index (χ0v) is 6.46. The number of nitrogens with zero attached hydrogens (tertiary/aromatic N) is 1. The largest absolute Gasteiger partial charge is 1.00 e. The molecule has 0 radical (unpaired) electrons. The van der Waals surface area contributed by atoms with Crippen LogP contribution < -0.4 is 29.6 Å². The summed E-state index contributed by atoms with van der Waals surface area (Å²) in [5.41, 5.74) is 0. The smallest absolute Gasteiger partial charge is 1.00 e. The van der Waals surface area contributed by atoms with Gasteiger partial charge in [0.25, 0.3) is 6.04 Å². The molecule has 1 saturated carbocycles. The van der Waals surface area contributed by atoms with Crippen LogP contribution in [0.5, 0.6) is 0 Å². The van der Waals surface area contributed by atoms with E-state index in [1.54, 1.807) is 0 Å². The van der Waals surface area contributed by atoms with Crippen LogP contribution in [0.2, 0.25) is 0 Å². The molecular formula is C3H4NNaO3. The van der Waals surface area contributed by atoms with Crippen molar-refractivity contribution in [3.8, 4) is 0 Å². The van der Waals surface area contributed by atoms with E-state index in [1.165, 1.54) is 0 Å². The molecule has 0 aromatic carbocycles. The van der Waals surface area contributed by atoms with Gasteiger partial charge in [-0.05, 0) is 0 Å². The Morgan fingerprint density at radius 3 is 2.25 bits per heavy atom. The van der Waals surface area contributed by atoms with Gasteiger partial charge in [0.15, 0.2) is 0 Å². The van der Waals surface area contributed by atoms with Crippen LogP contribution in [0, 0.1) is 10.1 Å². The molecule has 1 aliphatic rings. The Balaban J connectivity index is 0. The topological polar surface area (TPSA) is 60.2 Å². The minimum Gasteiger partial charge on any atom is -1.00 e. The second kappa shape index (κ2) is 2.57. The third kappa shape index (κ3) is 1.54. The van der Waals surface area contributed by atoms with Gasteiger partial charge in [0.05, 0.1) is 6.42 Å². The average molecular weight is 125 g/mol. The maximum absolute atomic E-state index is 9.89. The summed E-state index contributed by atoms with van der Waals surface area (Å²) < 4.78 is 0. The van der Waals surface area contributed by atoms with Crippen molar-refractivity contribution in [1.82, 2.24) is 0 Å². The van der Waals surface area contributed by atoms with Gasteiger partial charge in [-0.1, -0.05) is 0 Å². The number of nitro groups is 1. The Hall–Kier alpha value is 0.0700. The number of hydrogen-bond donors (Lipinski definition) is 0. The summed E-state index contributed by atoms with van der Waals surface area (Å²) in [7, 11) is 0. The van der Waals surface area contributed by atoms with Crippen molar-refractivity contribution in [3.63, 3.8) is 0 Å². The van der Waals surface area contributed by atoms with Gasteiger partial charge >= 0.3 is 29.6 Å². The Bertz CT molecular complexity index is 139. The van der Waals surface area contributed by atoms with Crippen molar-refractivity contribution in [2.45, 2.75) is 12.5 Å². The van der Waals surface area contributed by atoms with E-state index >= 15 is 0 Å². The van der Waals surface area contributed by atoms with E-state index in [0.717, 1.165) is 0 Å². The Labute approximate surface area is 69.2 Å². The van der Waals surface area contributed by atoms with Crippen LogP contribution in [0.15, 0.2) is 0 Å². The van der Waals surface area contributed by atoms with Crippen molar-refractivity contribution >= 4 is 5.78 Å². The van der Waals surface area contributed by atoms with Crippen LogP contribution in [0.1, 0.15) is 7.85 Å². The standard InChI is InChI=1S/C3H3NO3.Na.H/c5-3-1-2(3)4(6)7;;/h2H,1H2;;/q;+1;-1. The summed E-state index contributed by atoms with van der Waals surface area (Å²) in [4.78, 5) is 18.9. The van der Waals surface area contributed by atoms with E-state index in [-0.39, 0.29) is 43.2 Å². The van der Waals surface area contributed by atoms with E-state index in [2.05, 4.69) is 0 Å². The Kier molecular flexibility index (Phi) is 2.59. The Morgan fingerprint density at radius 1 is 1.88 bits per heavy atom. The summed E-state index contributed by atoms with van der Waals surface area (Å²) in [6, 6.07) is -0.847. The molecule has 0 amide bonds. The van der Waals surface area contributed by atoms with Gasteiger partial charge in [-0.3, -0.25) is 14.9 Å². The number of hydrogen-bond acceptors (Lipinski definition) is 3. The molecule has 5 heteroatoms. The fraction of sp³-hybridized carbons (Fsp3) is 0.667. The predicted molar refractivity (Wildman–Crippen MR) is 21.5 cm³/mol. The summed E-state index contributed by atoms with van der Waals surface area (Å²) in [5.74, 6) is -0.245. The number of rotatable bonds is 1. The van der Waals surface area contributed by atoms with Gasteiger partial charge in [0.2, 0.25) is 5.78 Å². The Morgan fingerprint density at radius 2 is 2.25 bits per heavy atom. The van der Waals surface area contributed by atoms with Gasteiger partial charge in [-0.2, -0.15) is 0 Å². The van der Waals surface area contributed by atoms with Crippen molar-refractivity contribution in [3.05, 3.63) is 10.1 Å². The molecule has 1 atom stereocenters. The minimum absolute atomic E-state index is 0. The molecule has 0 aliphatic heterocycles. The van der Waals surface area contributed by atoms with E-state index in [4.69, 9.17) is 0 Å². The fourth-order valence-corrected chi connectivity index (χ4v) is 0.324. The van der Waals surface area contributed by atoms with Crippen LogP contribution in [0.4, 0.5) is 0 Å². The average Bonchev–Trinajstić information content (AvgIpc) is 2.17. The van der Waals surface area contributed by atoms with Crippen molar-refractivity contribution in [1.29, 1.82) is 0 Å². The molecule has 0 saturated heterocycles. The SMILES string of the molecule is O=C1CC1[N+](=O)[O-].[H-].[Na+]. The summed E-state index contributed by atoms with van der Waals surface area (Å²) in [5, 5.41) is 9.56. The van der Waals surface area contributed by atoms with Crippen molar-refractivity contribution in [2.24, 2.45) is 0 Å². The second-order valence-electron chi connectivity index (χ2n) is 1.47. The number of carbonyl (C=O) groups is 1. The number of ketones is 1. The van der Waals surface area contributed by atoms with Crippen molar-refractivity contribution in [2.75, 3.05) is 0 Å². The first-order valence-electron chi connectivity index (χ1n) is 1.88. The van der Waals surface area contributed by atoms with Crippen LogP contribution in [0.25, 0.3) is 0 Å². The van der Waals surface area contributed by atoms with E-state index in [1.807, 2.05) is 0 Å². The first kappa shape index (κ1) is 8.07. The fourth-order valence-electron chi connectivity index (χ4n) is 0.324. The molecule has 0 spiro atoms. The molecule has 0 heterocycles. The third-order valence-electron chi connectivity index (χ3n) is 0.861. The molecule has 8 heavy (non-hydrogen) atoms. The van der Waals surface area contributed by atoms with Crippen LogP contribution in [-0.2, 0) is 4.79 Å². The molecule has 0 aromatic rings. The number of carbonyl (C=O) groups excluding carboxylic acids is 1. The minimum atomic E-state index is -0.847. The normalized spacial score (nSPS) is 24.0. The number of Topliss-reactive ketones (excluding diaryl/α,β-unsaturated/α-hetero) is 1. The molecule has 1 aliphatic carbocycles. The van der Waals surface area contributed by atoms with Gasteiger partial charge in [-0.15, -0.1) is 0 Å². The summed E-state index contributed by atoms with van der Waals surface area (Å²) in [6.07, 6.45) is 0.146. The molecular weight excluding hydrogens is 121 g/mol. The molecule has 0 aromatic heterocycles. The predicted octanol–water partition coefficient (Wildman–Crippen LogP) is -3.28. The quantitative estimate of drug-likeness (QED) is 0.210. The van der Waals surface area contributed by atoms with Crippen molar-refractivity contribution < 1.29 is 40.7 Å². The monoisotopic (exact) mass is 125 g/mol. The van der Waals surface area contributed by atoms with E-state index < -0.39 is 11.0 Å². The van der Waals surface area contributed by atoms with E-state index in [9.17, 15) is 14.9 Å². The molecule has 1 rings (SSSR count).